The van der Waals surface area contributed by atoms with Crippen molar-refractivity contribution in [3.8, 4) is 5.75 Å². The van der Waals surface area contributed by atoms with Gasteiger partial charge in [0.25, 0.3) is 5.91 Å². The van der Waals surface area contributed by atoms with Gasteiger partial charge in [-0.05, 0) is 26.0 Å². The van der Waals surface area contributed by atoms with Crippen molar-refractivity contribution in [1.29, 1.82) is 0 Å². The number of nitrogens with zero attached hydrogens (tertiary/aromatic N) is 1. The monoisotopic (exact) mass is 327 g/mol. The number of anilines is 1. The molecule has 0 aliphatic carbocycles. The fourth-order valence-corrected chi connectivity index (χ4v) is 2.21. The molecule has 2 atom stereocenters. The smallest absolute Gasteiger partial charge is 0.267 e. The summed E-state index contributed by atoms with van der Waals surface area (Å²) in [5, 5.41) is 2.79. The molecule has 1 aromatic carbocycles. The Morgan fingerprint density at radius 3 is 2.82 bits per heavy atom. The summed E-state index contributed by atoms with van der Waals surface area (Å²) < 4.78 is 5.55. The van der Waals surface area contributed by atoms with Crippen LogP contribution in [0, 0.1) is 0 Å². The summed E-state index contributed by atoms with van der Waals surface area (Å²) in [6.45, 7) is 4.27. The van der Waals surface area contributed by atoms with Gasteiger partial charge in [-0.1, -0.05) is 12.1 Å². The summed E-state index contributed by atoms with van der Waals surface area (Å²) in [6.07, 6.45) is -0.303. The van der Waals surface area contributed by atoms with Crippen molar-refractivity contribution >= 4 is 29.9 Å². The van der Waals surface area contributed by atoms with Gasteiger partial charge in [0.05, 0.1) is 5.69 Å². The lowest BCUT2D eigenvalue weighted by atomic mass is 10.1. The van der Waals surface area contributed by atoms with Crippen LogP contribution in [0.1, 0.15) is 20.3 Å². The number of carbonyl (C=O) groups excluding carboxylic acids is 2. The Balaban J connectivity index is 0.00000242. The first-order valence-corrected chi connectivity index (χ1v) is 7.09. The Kier molecular flexibility index (Phi) is 6.64. The average molecular weight is 328 g/mol. The van der Waals surface area contributed by atoms with E-state index in [1.54, 1.807) is 11.8 Å². The van der Waals surface area contributed by atoms with Crippen LogP contribution < -0.4 is 20.7 Å². The molecule has 2 rings (SSSR count). The van der Waals surface area contributed by atoms with E-state index < -0.39 is 6.10 Å². The Bertz CT molecular complexity index is 539. The van der Waals surface area contributed by atoms with E-state index in [4.69, 9.17) is 10.5 Å². The quantitative estimate of drug-likeness (QED) is 0.847. The number of ether oxygens (including phenoxy) is 1. The maximum absolute atomic E-state index is 12.2. The van der Waals surface area contributed by atoms with Crippen molar-refractivity contribution < 1.29 is 14.3 Å². The summed E-state index contributed by atoms with van der Waals surface area (Å²) in [7, 11) is 0. The molecular weight excluding hydrogens is 306 g/mol. The van der Waals surface area contributed by atoms with E-state index in [-0.39, 0.29) is 36.7 Å². The summed E-state index contributed by atoms with van der Waals surface area (Å²) in [5.74, 6) is 0.422. The number of para-hydroxylation sites is 2. The number of rotatable bonds is 5. The maximum Gasteiger partial charge on any atom is 0.267 e. The lowest BCUT2D eigenvalue weighted by molar-refractivity contribution is -0.125. The molecule has 0 saturated carbocycles. The normalized spacial score (nSPS) is 17.9. The van der Waals surface area contributed by atoms with Gasteiger partial charge < -0.3 is 20.7 Å². The predicted molar refractivity (Wildman–Crippen MR) is 87.4 cm³/mol. The van der Waals surface area contributed by atoms with Crippen molar-refractivity contribution in [2.75, 3.05) is 18.0 Å². The van der Waals surface area contributed by atoms with E-state index in [1.807, 2.05) is 31.2 Å². The van der Waals surface area contributed by atoms with Gasteiger partial charge in [0.2, 0.25) is 5.91 Å². The minimum absolute atomic E-state index is 0. The summed E-state index contributed by atoms with van der Waals surface area (Å²) >= 11 is 0. The van der Waals surface area contributed by atoms with Crippen LogP contribution in [-0.2, 0) is 9.59 Å². The van der Waals surface area contributed by atoms with Crippen molar-refractivity contribution in [3.05, 3.63) is 24.3 Å². The maximum atomic E-state index is 12.2. The van der Waals surface area contributed by atoms with Gasteiger partial charge >= 0.3 is 0 Å². The zero-order valence-corrected chi connectivity index (χ0v) is 13.6. The van der Waals surface area contributed by atoms with E-state index in [0.717, 1.165) is 0 Å². The fourth-order valence-electron chi connectivity index (χ4n) is 2.21. The topological polar surface area (TPSA) is 84.7 Å². The van der Waals surface area contributed by atoms with Gasteiger partial charge in [-0.15, -0.1) is 12.4 Å². The standard InChI is InChI=1S/C15H21N3O3.ClH/c1-10(9-16)17-14(19)7-8-18-12-5-3-4-6-13(12)21-11(2)15(18)20;/h3-6,10-11H,7-9,16H2,1-2H3,(H,17,19);1H/t10-,11?;/m0./s1. The molecule has 0 spiro atoms. The molecule has 7 heteroatoms. The zero-order chi connectivity index (χ0) is 15.4. The molecule has 0 saturated heterocycles. The van der Waals surface area contributed by atoms with Crippen LogP contribution in [0.25, 0.3) is 0 Å². The molecule has 1 aliphatic heterocycles. The number of hydrogen-bond acceptors (Lipinski definition) is 4. The number of hydrogen-bond donors (Lipinski definition) is 2. The molecule has 3 N–H and O–H groups in total. The summed E-state index contributed by atoms with van der Waals surface area (Å²) in [5.41, 5.74) is 6.18. The molecule has 1 aromatic rings. The van der Waals surface area contributed by atoms with E-state index in [0.29, 0.717) is 24.5 Å². The van der Waals surface area contributed by atoms with Crippen LogP contribution in [0.2, 0.25) is 0 Å². The first-order chi connectivity index (χ1) is 10.0. The third-order valence-electron chi connectivity index (χ3n) is 3.40. The highest BCUT2D eigenvalue weighted by Crippen LogP contribution is 2.33. The van der Waals surface area contributed by atoms with Crippen molar-refractivity contribution in [3.63, 3.8) is 0 Å². The molecule has 0 bridgehead atoms. The van der Waals surface area contributed by atoms with E-state index >= 15 is 0 Å². The number of fused-ring (bicyclic) bond motifs is 1. The van der Waals surface area contributed by atoms with Crippen molar-refractivity contribution in [2.24, 2.45) is 5.73 Å². The van der Waals surface area contributed by atoms with Gasteiger partial charge in [0.15, 0.2) is 6.10 Å². The first kappa shape index (κ1) is 18.3. The molecule has 1 heterocycles. The number of benzene rings is 1. The minimum atomic E-state index is -0.536. The SMILES string of the molecule is CC1Oc2ccccc2N(CCC(=O)N[C@@H](C)CN)C1=O.Cl. The van der Waals surface area contributed by atoms with E-state index in [9.17, 15) is 9.59 Å². The van der Waals surface area contributed by atoms with Crippen molar-refractivity contribution in [2.45, 2.75) is 32.4 Å². The minimum Gasteiger partial charge on any atom is -0.479 e. The van der Waals surface area contributed by atoms with Gasteiger partial charge in [0.1, 0.15) is 5.75 Å². The predicted octanol–water partition coefficient (Wildman–Crippen LogP) is 1.08. The Hall–Kier alpha value is -1.79. The van der Waals surface area contributed by atoms with Gasteiger partial charge in [-0.25, -0.2) is 0 Å². The third kappa shape index (κ3) is 4.11. The fraction of sp³-hybridized carbons (Fsp3) is 0.467. The Morgan fingerprint density at radius 2 is 2.14 bits per heavy atom. The van der Waals surface area contributed by atoms with Gasteiger partial charge in [-0.3, -0.25) is 9.59 Å². The number of amides is 2. The van der Waals surface area contributed by atoms with Gasteiger partial charge in [-0.2, -0.15) is 0 Å². The van der Waals surface area contributed by atoms with E-state index in [2.05, 4.69) is 5.32 Å². The molecule has 2 amide bonds. The highest BCUT2D eigenvalue weighted by molar-refractivity contribution is 6.00. The number of carbonyl (C=O) groups is 2. The Labute approximate surface area is 136 Å². The second-order valence-corrected chi connectivity index (χ2v) is 5.17. The second-order valence-electron chi connectivity index (χ2n) is 5.17. The second kappa shape index (κ2) is 8.00. The van der Waals surface area contributed by atoms with Crippen LogP contribution in [0.3, 0.4) is 0 Å². The van der Waals surface area contributed by atoms with Gasteiger partial charge in [0, 0.05) is 25.6 Å². The molecule has 1 unspecified atom stereocenters. The van der Waals surface area contributed by atoms with Crippen LogP contribution in [0.4, 0.5) is 5.69 Å². The lowest BCUT2D eigenvalue weighted by Gasteiger charge is -2.32. The highest BCUT2D eigenvalue weighted by atomic mass is 35.5. The average Bonchev–Trinajstić information content (AvgIpc) is 2.47. The van der Waals surface area contributed by atoms with Crippen LogP contribution in [-0.4, -0.2) is 37.0 Å². The molecule has 22 heavy (non-hydrogen) atoms. The number of nitrogens with two attached hydrogens (primary N) is 1. The van der Waals surface area contributed by atoms with Crippen LogP contribution in [0.15, 0.2) is 24.3 Å². The molecule has 0 radical (unpaired) electrons. The first-order valence-electron chi connectivity index (χ1n) is 7.09. The summed E-state index contributed by atoms with van der Waals surface area (Å²) in [6, 6.07) is 7.27. The lowest BCUT2D eigenvalue weighted by Crippen LogP contribution is -2.46. The highest BCUT2D eigenvalue weighted by Gasteiger charge is 2.31. The van der Waals surface area contributed by atoms with Crippen molar-refractivity contribution in [1.82, 2.24) is 5.32 Å². The third-order valence-corrected chi connectivity index (χ3v) is 3.40. The molecule has 122 valence electrons. The van der Waals surface area contributed by atoms with Crippen LogP contribution >= 0.6 is 12.4 Å². The Morgan fingerprint density at radius 1 is 1.45 bits per heavy atom. The molecule has 1 aliphatic rings. The molecular formula is C15H22ClN3O3. The largest absolute Gasteiger partial charge is 0.479 e. The summed E-state index contributed by atoms with van der Waals surface area (Å²) in [4.78, 5) is 25.7. The zero-order valence-electron chi connectivity index (χ0n) is 12.7. The molecule has 6 nitrogen and oxygen atoms in total. The van der Waals surface area contributed by atoms with Crippen LogP contribution in [0.5, 0.6) is 5.75 Å². The number of nitrogens with one attached hydrogen (secondary N) is 1. The number of halogens is 1. The molecule has 0 fully saturated rings. The molecule has 0 aromatic heterocycles. The van der Waals surface area contributed by atoms with E-state index in [1.165, 1.54) is 0 Å².